The number of nitrogens with zero attached hydrogens (tertiary/aromatic N) is 5. The molecule has 0 unspecified atom stereocenters. The summed E-state index contributed by atoms with van der Waals surface area (Å²) in [4.78, 5) is 18.2. The maximum atomic E-state index is 4.72. The molecule has 0 saturated carbocycles. The topological polar surface area (TPSA) is 68.7 Å². The third kappa shape index (κ3) is 9.86. The summed E-state index contributed by atoms with van der Waals surface area (Å²) in [6, 6.07) is 1.86. The van der Waals surface area contributed by atoms with Crippen molar-refractivity contribution in [2.45, 2.75) is 46.0 Å². The molecule has 0 aliphatic carbocycles. The Balaban J connectivity index is 0.00000392. The Morgan fingerprint density at radius 2 is 1.75 bits per heavy atom. The number of rotatable bonds is 11. The summed E-state index contributed by atoms with van der Waals surface area (Å²) in [6.45, 7) is 12.4. The monoisotopic (exact) mass is 503 g/mol. The zero-order valence-electron chi connectivity index (χ0n) is 17.6. The van der Waals surface area contributed by atoms with Gasteiger partial charge in [0.1, 0.15) is 0 Å². The van der Waals surface area contributed by atoms with E-state index in [1.54, 1.807) is 0 Å². The van der Waals surface area contributed by atoms with Gasteiger partial charge in [0.25, 0.3) is 0 Å². The molecule has 1 aliphatic rings. The summed E-state index contributed by atoms with van der Waals surface area (Å²) >= 11 is 0. The molecule has 0 spiro atoms. The van der Waals surface area contributed by atoms with Gasteiger partial charge in [-0.1, -0.05) is 26.2 Å². The summed E-state index contributed by atoms with van der Waals surface area (Å²) in [6.07, 6.45) is 9.82. The molecule has 0 amide bonds. The van der Waals surface area contributed by atoms with Gasteiger partial charge in [-0.3, -0.25) is 9.89 Å². The molecule has 0 aromatic carbocycles. The number of halogens is 1. The number of aliphatic imine (C=N–C) groups is 1. The smallest absolute Gasteiger partial charge is 0.225 e. The number of piperazine rings is 1. The highest BCUT2D eigenvalue weighted by Gasteiger charge is 2.17. The van der Waals surface area contributed by atoms with E-state index in [0.717, 1.165) is 70.7 Å². The zero-order chi connectivity index (χ0) is 19.2. The summed E-state index contributed by atoms with van der Waals surface area (Å²) in [5.41, 5.74) is 0. The zero-order valence-corrected chi connectivity index (χ0v) is 19.9. The van der Waals surface area contributed by atoms with Crippen LogP contribution in [0, 0.1) is 0 Å². The molecule has 0 radical (unpaired) electrons. The highest BCUT2D eigenvalue weighted by molar-refractivity contribution is 14.0. The van der Waals surface area contributed by atoms with Crippen LogP contribution < -0.4 is 15.5 Å². The van der Waals surface area contributed by atoms with Crippen molar-refractivity contribution in [2.24, 2.45) is 4.99 Å². The first-order valence-corrected chi connectivity index (χ1v) is 10.6. The fraction of sp³-hybridized carbons (Fsp3) is 0.750. The van der Waals surface area contributed by atoms with Crippen molar-refractivity contribution in [3.8, 4) is 0 Å². The Kier molecular flexibility index (Phi) is 14.0. The van der Waals surface area contributed by atoms with Crippen LogP contribution in [0.1, 0.15) is 46.0 Å². The molecule has 1 saturated heterocycles. The average Bonchev–Trinajstić information content (AvgIpc) is 2.72. The summed E-state index contributed by atoms with van der Waals surface area (Å²) < 4.78 is 0. The highest BCUT2D eigenvalue weighted by Crippen LogP contribution is 2.09. The first kappa shape index (κ1) is 24.9. The maximum Gasteiger partial charge on any atom is 0.225 e. The largest absolute Gasteiger partial charge is 0.357 e. The van der Waals surface area contributed by atoms with E-state index in [1.165, 1.54) is 25.7 Å². The number of hydrogen-bond donors (Lipinski definition) is 2. The van der Waals surface area contributed by atoms with Crippen LogP contribution in [0.25, 0.3) is 0 Å². The van der Waals surface area contributed by atoms with Crippen molar-refractivity contribution in [1.82, 2.24) is 25.5 Å². The Morgan fingerprint density at radius 3 is 2.43 bits per heavy atom. The molecule has 28 heavy (non-hydrogen) atoms. The quantitative estimate of drug-likeness (QED) is 0.210. The molecular formula is C20H38IN7. The Hall–Kier alpha value is -1.16. The van der Waals surface area contributed by atoms with E-state index in [-0.39, 0.29) is 24.0 Å². The van der Waals surface area contributed by atoms with Crippen molar-refractivity contribution < 1.29 is 0 Å². The lowest BCUT2D eigenvalue weighted by Gasteiger charge is -2.34. The molecule has 2 N–H and O–H groups in total. The van der Waals surface area contributed by atoms with Crippen LogP contribution in [0.15, 0.2) is 23.5 Å². The van der Waals surface area contributed by atoms with Crippen LogP contribution in [0.4, 0.5) is 5.95 Å². The molecule has 1 aromatic heterocycles. The standard InChI is InChI=1S/C20H37N7.HI/c1-3-5-6-7-10-22-19(21-4-2)23-13-9-14-26-15-17-27(18-16-26)20-24-11-8-12-25-20;/h8,11-12H,3-7,9-10,13-18H2,1-2H3,(H2,21,22,23);1H. The van der Waals surface area contributed by atoms with Gasteiger partial charge in [0.15, 0.2) is 5.96 Å². The van der Waals surface area contributed by atoms with Crippen LogP contribution in [0.3, 0.4) is 0 Å². The lowest BCUT2D eigenvalue weighted by molar-refractivity contribution is 0.255. The number of aromatic nitrogens is 2. The van der Waals surface area contributed by atoms with Crippen molar-refractivity contribution in [3.63, 3.8) is 0 Å². The molecule has 1 aromatic rings. The van der Waals surface area contributed by atoms with Gasteiger partial charge < -0.3 is 15.5 Å². The van der Waals surface area contributed by atoms with Crippen LogP contribution in [-0.2, 0) is 0 Å². The summed E-state index contributed by atoms with van der Waals surface area (Å²) in [5, 5.41) is 6.79. The van der Waals surface area contributed by atoms with E-state index in [0.29, 0.717) is 0 Å². The van der Waals surface area contributed by atoms with Gasteiger partial charge in [-0.2, -0.15) is 0 Å². The Labute approximate surface area is 187 Å². The van der Waals surface area contributed by atoms with E-state index in [2.05, 4.69) is 44.2 Å². The van der Waals surface area contributed by atoms with Gasteiger partial charge >= 0.3 is 0 Å². The second-order valence-electron chi connectivity index (χ2n) is 6.98. The van der Waals surface area contributed by atoms with Crippen LogP contribution >= 0.6 is 24.0 Å². The molecule has 1 aliphatic heterocycles. The molecule has 8 heteroatoms. The molecule has 1 fully saturated rings. The maximum absolute atomic E-state index is 4.72. The number of unbranched alkanes of at least 4 members (excludes halogenated alkanes) is 3. The lowest BCUT2D eigenvalue weighted by Crippen LogP contribution is -2.47. The summed E-state index contributed by atoms with van der Waals surface area (Å²) in [5.74, 6) is 1.81. The minimum absolute atomic E-state index is 0. The van der Waals surface area contributed by atoms with Gasteiger partial charge in [0, 0.05) is 64.8 Å². The molecule has 160 valence electrons. The van der Waals surface area contributed by atoms with E-state index in [4.69, 9.17) is 4.99 Å². The minimum Gasteiger partial charge on any atom is -0.357 e. The molecule has 2 heterocycles. The number of hydrogen-bond acceptors (Lipinski definition) is 5. The van der Waals surface area contributed by atoms with E-state index < -0.39 is 0 Å². The Morgan fingerprint density at radius 1 is 1.00 bits per heavy atom. The molecule has 0 atom stereocenters. The molecule has 2 rings (SSSR count). The van der Waals surface area contributed by atoms with Gasteiger partial charge in [0.05, 0.1) is 0 Å². The fourth-order valence-corrected chi connectivity index (χ4v) is 3.21. The predicted molar refractivity (Wildman–Crippen MR) is 129 cm³/mol. The van der Waals surface area contributed by atoms with Crippen molar-refractivity contribution in [2.75, 3.05) is 57.3 Å². The van der Waals surface area contributed by atoms with Gasteiger partial charge in [0.2, 0.25) is 5.95 Å². The fourth-order valence-electron chi connectivity index (χ4n) is 3.21. The normalized spacial score (nSPS) is 15.2. The summed E-state index contributed by atoms with van der Waals surface area (Å²) in [7, 11) is 0. The second-order valence-corrected chi connectivity index (χ2v) is 6.98. The molecular weight excluding hydrogens is 465 g/mol. The van der Waals surface area contributed by atoms with Crippen molar-refractivity contribution in [3.05, 3.63) is 18.5 Å². The number of nitrogens with one attached hydrogen (secondary N) is 2. The lowest BCUT2D eigenvalue weighted by atomic mass is 10.2. The first-order chi connectivity index (χ1) is 13.3. The van der Waals surface area contributed by atoms with Gasteiger partial charge in [-0.05, 0) is 25.8 Å². The molecule has 0 bridgehead atoms. The van der Waals surface area contributed by atoms with Crippen LogP contribution in [-0.4, -0.2) is 73.2 Å². The van der Waals surface area contributed by atoms with Crippen LogP contribution in [0.5, 0.6) is 0 Å². The van der Waals surface area contributed by atoms with Crippen LogP contribution in [0.2, 0.25) is 0 Å². The predicted octanol–water partition coefficient (Wildman–Crippen LogP) is 2.74. The minimum atomic E-state index is 0. The van der Waals surface area contributed by atoms with Gasteiger partial charge in [-0.25, -0.2) is 9.97 Å². The number of anilines is 1. The van der Waals surface area contributed by atoms with E-state index in [1.807, 2.05) is 18.5 Å². The van der Waals surface area contributed by atoms with Crippen molar-refractivity contribution in [1.29, 1.82) is 0 Å². The van der Waals surface area contributed by atoms with Gasteiger partial charge in [-0.15, -0.1) is 24.0 Å². The average molecular weight is 503 g/mol. The third-order valence-electron chi connectivity index (χ3n) is 4.78. The third-order valence-corrected chi connectivity index (χ3v) is 4.78. The Bertz CT molecular complexity index is 519. The van der Waals surface area contributed by atoms with Crippen molar-refractivity contribution >= 4 is 35.9 Å². The molecule has 7 nitrogen and oxygen atoms in total. The highest BCUT2D eigenvalue weighted by atomic mass is 127. The number of guanidine groups is 1. The SMILES string of the molecule is CCCCCCNC(=NCCCN1CCN(c2ncccn2)CC1)NCC.I. The first-order valence-electron chi connectivity index (χ1n) is 10.6. The van der Waals surface area contributed by atoms with E-state index >= 15 is 0 Å². The second kappa shape index (κ2) is 15.7. The van der Waals surface area contributed by atoms with E-state index in [9.17, 15) is 0 Å².